The van der Waals surface area contributed by atoms with Gasteiger partial charge >= 0.3 is 0 Å². The molecule has 1 saturated carbocycles. The summed E-state index contributed by atoms with van der Waals surface area (Å²) < 4.78 is 5.59. The Labute approximate surface area is 105 Å². The van der Waals surface area contributed by atoms with Crippen LogP contribution in [0, 0.1) is 12.8 Å². The van der Waals surface area contributed by atoms with Crippen molar-refractivity contribution in [2.45, 2.75) is 26.3 Å². The van der Waals surface area contributed by atoms with Crippen molar-refractivity contribution in [1.29, 1.82) is 0 Å². The van der Waals surface area contributed by atoms with Crippen LogP contribution < -0.4 is 5.32 Å². The molecule has 0 bridgehead atoms. The molecular formula is C13H16N2OS. The Bertz CT molecular complexity index is 499. The Morgan fingerprint density at radius 1 is 1.47 bits per heavy atom. The fourth-order valence-electron chi connectivity index (χ4n) is 1.78. The lowest BCUT2D eigenvalue weighted by Crippen LogP contribution is -2.15. The van der Waals surface area contributed by atoms with Gasteiger partial charge in [-0.05, 0) is 44.4 Å². The summed E-state index contributed by atoms with van der Waals surface area (Å²) in [5.74, 6) is 2.79. The smallest absolute Gasteiger partial charge is 0.145 e. The number of rotatable bonds is 5. The molecular weight excluding hydrogens is 232 g/mol. The van der Waals surface area contributed by atoms with E-state index in [1.165, 1.54) is 12.8 Å². The third-order valence-electron chi connectivity index (χ3n) is 2.94. The molecule has 0 unspecified atom stereocenters. The van der Waals surface area contributed by atoms with Crippen molar-refractivity contribution >= 4 is 11.3 Å². The molecule has 1 N–H and O–H groups in total. The number of aryl methyl sites for hydroxylation is 1. The SMILES string of the molecule is Cc1ccc(-c2cnc(CNCC3CC3)s2)o1. The molecule has 0 saturated heterocycles. The van der Waals surface area contributed by atoms with E-state index in [1.54, 1.807) is 11.3 Å². The highest BCUT2D eigenvalue weighted by Gasteiger charge is 2.20. The first-order chi connectivity index (χ1) is 8.31. The highest BCUT2D eigenvalue weighted by atomic mass is 32.1. The van der Waals surface area contributed by atoms with Crippen LogP contribution in [0.5, 0.6) is 0 Å². The molecule has 2 aromatic rings. The third kappa shape index (κ3) is 2.76. The fourth-order valence-corrected chi connectivity index (χ4v) is 2.63. The van der Waals surface area contributed by atoms with Gasteiger partial charge in [0.1, 0.15) is 16.5 Å². The van der Waals surface area contributed by atoms with Gasteiger partial charge in [-0.1, -0.05) is 0 Å². The van der Waals surface area contributed by atoms with Crippen LogP contribution in [-0.2, 0) is 6.54 Å². The number of furan rings is 1. The second-order valence-electron chi connectivity index (χ2n) is 4.60. The van der Waals surface area contributed by atoms with Gasteiger partial charge in [-0.2, -0.15) is 0 Å². The monoisotopic (exact) mass is 248 g/mol. The van der Waals surface area contributed by atoms with Crippen molar-refractivity contribution in [1.82, 2.24) is 10.3 Å². The van der Waals surface area contributed by atoms with Gasteiger partial charge in [-0.15, -0.1) is 11.3 Å². The zero-order valence-electron chi connectivity index (χ0n) is 9.90. The molecule has 1 aliphatic rings. The zero-order valence-corrected chi connectivity index (χ0v) is 10.7. The molecule has 1 fully saturated rings. The van der Waals surface area contributed by atoms with Crippen LogP contribution in [0.3, 0.4) is 0 Å². The van der Waals surface area contributed by atoms with Gasteiger partial charge < -0.3 is 9.73 Å². The minimum Gasteiger partial charge on any atom is -0.460 e. The van der Waals surface area contributed by atoms with Crippen LogP contribution in [-0.4, -0.2) is 11.5 Å². The van der Waals surface area contributed by atoms with Gasteiger partial charge in [-0.25, -0.2) is 4.98 Å². The van der Waals surface area contributed by atoms with Gasteiger partial charge in [-0.3, -0.25) is 0 Å². The van der Waals surface area contributed by atoms with E-state index in [-0.39, 0.29) is 0 Å². The predicted molar refractivity (Wildman–Crippen MR) is 69.0 cm³/mol. The van der Waals surface area contributed by atoms with Crippen LogP contribution in [0.25, 0.3) is 10.6 Å². The summed E-state index contributed by atoms with van der Waals surface area (Å²) in [4.78, 5) is 5.53. The quantitative estimate of drug-likeness (QED) is 0.883. The molecule has 0 spiro atoms. The second kappa shape index (κ2) is 4.63. The molecule has 0 aliphatic heterocycles. The standard InChI is InChI=1S/C13H16N2OS/c1-9-2-5-11(16-9)12-7-15-13(17-12)8-14-6-10-3-4-10/h2,5,7,10,14H,3-4,6,8H2,1H3. The van der Waals surface area contributed by atoms with Gasteiger partial charge in [0.2, 0.25) is 0 Å². The van der Waals surface area contributed by atoms with Crippen molar-refractivity contribution < 1.29 is 4.42 Å². The molecule has 17 heavy (non-hydrogen) atoms. The first-order valence-corrected chi connectivity index (χ1v) is 6.85. The summed E-state index contributed by atoms with van der Waals surface area (Å²) in [7, 11) is 0. The Hall–Kier alpha value is -1.13. The van der Waals surface area contributed by atoms with Crippen LogP contribution >= 0.6 is 11.3 Å². The van der Waals surface area contributed by atoms with Gasteiger partial charge in [0.25, 0.3) is 0 Å². The molecule has 0 atom stereocenters. The molecule has 0 aromatic carbocycles. The number of thiazole rings is 1. The molecule has 3 nitrogen and oxygen atoms in total. The van der Waals surface area contributed by atoms with E-state index in [2.05, 4.69) is 10.3 Å². The average molecular weight is 248 g/mol. The Kier molecular flexibility index (Phi) is 2.99. The van der Waals surface area contributed by atoms with E-state index < -0.39 is 0 Å². The normalized spacial score (nSPS) is 15.4. The van der Waals surface area contributed by atoms with Gasteiger partial charge in [0.05, 0.1) is 4.88 Å². The van der Waals surface area contributed by atoms with Crippen molar-refractivity contribution in [3.63, 3.8) is 0 Å². The minimum absolute atomic E-state index is 0.876. The lowest BCUT2D eigenvalue weighted by atomic mass is 10.4. The second-order valence-corrected chi connectivity index (χ2v) is 5.72. The van der Waals surface area contributed by atoms with E-state index in [9.17, 15) is 0 Å². The fraction of sp³-hybridized carbons (Fsp3) is 0.462. The third-order valence-corrected chi connectivity index (χ3v) is 3.95. The van der Waals surface area contributed by atoms with E-state index in [4.69, 9.17) is 4.42 Å². The van der Waals surface area contributed by atoms with Crippen LogP contribution in [0.1, 0.15) is 23.6 Å². The number of nitrogens with one attached hydrogen (secondary N) is 1. The summed E-state index contributed by atoms with van der Waals surface area (Å²) in [5, 5.41) is 4.58. The Balaban J connectivity index is 1.61. The van der Waals surface area contributed by atoms with Crippen LogP contribution in [0.15, 0.2) is 22.7 Å². The maximum atomic E-state index is 5.59. The lowest BCUT2D eigenvalue weighted by molar-refractivity contribution is 0.549. The topological polar surface area (TPSA) is 38.1 Å². The number of hydrogen-bond acceptors (Lipinski definition) is 4. The summed E-state index contributed by atoms with van der Waals surface area (Å²) >= 11 is 1.70. The lowest BCUT2D eigenvalue weighted by Gasteiger charge is -1.98. The van der Waals surface area contributed by atoms with E-state index in [1.807, 2.05) is 25.3 Å². The zero-order chi connectivity index (χ0) is 11.7. The van der Waals surface area contributed by atoms with Gasteiger partial charge in [0, 0.05) is 12.7 Å². The van der Waals surface area contributed by atoms with Crippen molar-refractivity contribution in [3.8, 4) is 10.6 Å². The molecule has 0 amide bonds. The van der Waals surface area contributed by atoms with E-state index in [0.717, 1.165) is 40.4 Å². The summed E-state index contributed by atoms with van der Waals surface area (Å²) in [6.45, 7) is 3.97. The van der Waals surface area contributed by atoms with Crippen molar-refractivity contribution in [3.05, 3.63) is 29.1 Å². The first-order valence-electron chi connectivity index (χ1n) is 6.03. The maximum absolute atomic E-state index is 5.59. The molecule has 2 heterocycles. The molecule has 2 aromatic heterocycles. The summed E-state index contributed by atoms with van der Waals surface area (Å²) in [5.41, 5.74) is 0. The first kappa shape index (κ1) is 11.0. The molecule has 90 valence electrons. The molecule has 0 radical (unpaired) electrons. The highest BCUT2D eigenvalue weighted by molar-refractivity contribution is 7.15. The van der Waals surface area contributed by atoms with Crippen LogP contribution in [0.4, 0.5) is 0 Å². The molecule has 3 rings (SSSR count). The largest absolute Gasteiger partial charge is 0.460 e. The summed E-state index contributed by atoms with van der Waals surface area (Å²) in [6.07, 6.45) is 4.68. The van der Waals surface area contributed by atoms with Crippen LogP contribution in [0.2, 0.25) is 0 Å². The molecule has 4 heteroatoms. The Morgan fingerprint density at radius 3 is 3.06 bits per heavy atom. The Morgan fingerprint density at radius 2 is 2.35 bits per heavy atom. The van der Waals surface area contributed by atoms with Crippen molar-refractivity contribution in [2.24, 2.45) is 5.92 Å². The number of aromatic nitrogens is 1. The molecule has 1 aliphatic carbocycles. The predicted octanol–water partition coefficient (Wildman–Crippen LogP) is 3.21. The average Bonchev–Trinajstić information content (AvgIpc) is 2.85. The van der Waals surface area contributed by atoms with E-state index in [0.29, 0.717) is 0 Å². The highest BCUT2D eigenvalue weighted by Crippen LogP contribution is 2.29. The van der Waals surface area contributed by atoms with Crippen molar-refractivity contribution in [2.75, 3.05) is 6.54 Å². The van der Waals surface area contributed by atoms with Gasteiger partial charge in [0.15, 0.2) is 0 Å². The van der Waals surface area contributed by atoms with E-state index >= 15 is 0 Å². The minimum atomic E-state index is 0.876. The number of hydrogen-bond donors (Lipinski definition) is 1. The number of nitrogens with zero attached hydrogens (tertiary/aromatic N) is 1. The summed E-state index contributed by atoms with van der Waals surface area (Å²) in [6, 6.07) is 3.99. The maximum Gasteiger partial charge on any atom is 0.145 e.